The molecule has 1 aromatic heterocycles. The van der Waals surface area contributed by atoms with Crippen molar-refractivity contribution in [2.45, 2.75) is 10.1 Å². The summed E-state index contributed by atoms with van der Waals surface area (Å²) in [6.07, 6.45) is 0. The molecule has 0 aliphatic rings. The fraction of sp³-hybridized carbons (Fsp3) is 0. The lowest BCUT2D eigenvalue weighted by atomic mass is 10.4. The number of anilines is 1. The zero-order valence-electron chi connectivity index (χ0n) is 8.32. The van der Waals surface area contributed by atoms with E-state index in [0.717, 1.165) is 4.90 Å². The third-order valence-corrected chi connectivity index (χ3v) is 3.79. The number of aromatic nitrogens is 2. The van der Waals surface area contributed by atoms with E-state index < -0.39 is 0 Å². The molecular weight excluding hydrogens is 345 g/mol. The van der Waals surface area contributed by atoms with Gasteiger partial charge in [-0.2, -0.15) is 0 Å². The van der Waals surface area contributed by atoms with Gasteiger partial charge in [-0.1, -0.05) is 23.2 Å². The first-order valence-corrected chi connectivity index (χ1v) is 6.84. The van der Waals surface area contributed by atoms with Gasteiger partial charge in [-0.25, -0.2) is 9.97 Å². The molecule has 7 heteroatoms. The molecule has 0 saturated carbocycles. The largest absolute Gasteiger partial charge is 0.384 e. The minimum absolute atomic E-state index is 0.396. The number of hydrogen-bond donors (Lipinski definition) is 1. The average molecular weight is 351 g/mol. The molecule has 0 unspecified atom stereocenters. The number of benzene rings is 1. The third-order valence-electron chi connectivity index (χ3n) is 1.79. The first-order valence-electron chi connectivity index (χ1n) is 4.47. The second-order valence-corrected chi connectivity index (χ2v) is 5.74. The Morgan fingerprint density at radius 1 is 1.18 bits per heavy atom. The highest BCUT2D eigenvalue weighted by Gasteiger charge is 2.07. The van der Waals surface area contributed by atoms with E-state index in [2.05, 4.69) is 25.9 Å². The summed E-state index contributed by atoms with van der Waals surface area (Å²) in [5.74, 6) is 0.396. The summed E-state index contributed by atoms with van der Waals surface area (Å²) in [4.78, 5) is 9.07. The second-order valence-electron chi connectivity index (χ2n) is 3.07. The molecule has 17 heavy (non-hydrogen) atoms. The van der Waals surface area contributed by atoms with E-state index in [1.807, 2.05) is 0 Å². The molecule has 0 aliphatic heterocycles. The minimum atomic E-state index is 0.396. The molecule has 0 aliphatic carbocycles. The van der Waals surface area contributed by atoms with Gasteiger partial charge in [-0.3, -0.25) is 0 Å². The Kier molecular flexibility index (Phi) is 4.14. The van der Waals surface area contributed by atoms with Crippen molar-refractivity contribution in [3.63, 3.8) is 0 Å². The van der Waals surface area contributed by atoms with Gasteiger partial charge in [0.05, 0.1) is 5.02 Å². The minimum Gasteiger partial charge on any atom is -0.384 e. The van der Waals surface area contributed by atoms with E-state index in [4.69, 9.17) is 28.9 Å². The number of nitrogens with zero attached hydrogens (tertiary/aromatic N) is 2. The topological polar surface area (TPSA) is 51.8 Å². The van der Waals surface area contributed by atoms with E-state index in [9.17, 15) is 0 Å². The highest BCUT2D eigenvalue weighted by atomic mass is 79.9. The highest BCUT2D eigenvalue weighted by molar-refractivity contribution is 9.10. The van der Waals surface area contributed by atoms with E-state index in [-0.39, 0.29) is 0 Å². The summed E-state index contributed by atoms with van der Waals surface area (Å²) in [6.45, 7) is 0. The Hall–Kier alpha value is -0.490. The molecule has 0 bridgehead atoms. The maximum atomic E-state index is 6.05. The molecule has 1 aromatic carbocycles. The van der Waals surface area contributed by atoms with Crippen LogP contribution in [0.1, 0.15) is 0 Å². The van der Waals surface area contributed by atoms with Crippen molar-refractivity contribution in [3.8, 4) is 0 Å². The second kappa shape index (κ2) is 5.44. The quantitative estimate of drug-likeness (QED) is 0.648. The number of halogens is 3. The Morgan fingerprint density at radius 2 is 1.94 bits per heavy atom. The molecular formula is C10H6BrCl2N3S. The fourth-order valence-electron chi connectivity index (χ4n) is 1.11. The maximum Gasteiger partial charge on any atom is 0.195 e. The summed E-state index contributed by atoms with van der Waals surface area (Å²) in [5.41, 5.74) is 5.63. The summed E-state index contributed by atoms with van der Waals surface area (Å²) in [7, 11) is 0. The lowest BCUT2D eigenvalue weighted by molar-refractivity contribution is 0.957. The highest BCUT2D eigenvalue weighted by Crippen LogP contribution is 2.34. The van der Waals surface area contributed by atoms with Crippen LogP contribution in [0.2, 0.25) is 10.0 Å². The molecule has 2 N–H and O–H groups in total. The average Bonchev–Trinajstić information content (AvgIpc) is 2.22. The number of rotatable bonds is 2. The van der Waals surface area contributed by atoms with Crippen molar-refractivity contribution in [3.05, 3.63) is 38.9 Å². The molecule has 0 saturated heterocycles. The number of nitrogens with two attached hydrogens (primary N) is 1. The van der Waals surface area contributed by atoms with Crippen molar-refractivity contribution in [2.75, 3.05) is 5.73 Å². The Labute approximate surface area is 121 Å². The molecule has 0 spiro atoms. The summed E-state index contributed by atoms with van der Waals surface area (Å²) >= 11 is 16.5. The van der Waals surface area contributed by atoms with E-state index in [1.165, 1.54) is 11.8 Å². The van der Waals surface area contributed by atoms with Gasteiger partial charge in [-0.15, -0.1) is 0 Å². The Balaban J connectivity index is 2.34. The van der Waals surface area contributed by atoms with E-state index in [0.29, 0.717) is 25.6 Å². The maximum absolute atomic E-state index is 6.05. The Morgan fingerprint density at radius 3 is 2.65 bits per heavy atom. The predicted octanol–water partition coefficient (Wildman–Crippen LogP) is 4.28. The van der Waals surface area contributed by atoms with Gasteiger partial charge >= 0.3 is 0 Å². The monoisotopic (exact) mass is 349 g/mol. The van der Waals surface area contributed by atoms with Crippen molar-refractivity contribution in [1.29, 1.82) is 0 Å². The van der Waals surface area contributed by atoms with Crippen molar-refractivity contribution in [2.24, 2.45) is 0 Å². The zero-order chi connectivity index (χ0) is 12.4. The molecule has 88 valence electrons. The lowest BCUT2D eigenvalue weighted by Gasteiger charge is -2.04. The summed E-state index contributed by atoms with van der Waals surface area (Å²) in [6, 6.07) is 6.84. The normalized spacial score (nSPS) is 10.5. The van der Waals surface area contributed by atoms with Crippen LogP contribution in [-0.4, -0.2) is 9.97 Å². The molecule has 2 rings (SSSR count). The molecule has 0 fully saturated rings. The molecule has 0 radical (unpaired) electrons. The van der Waals surface area contributed by atoms with Gasteiger partial charge < -0.3 is 5.73 Å². The van der Waals surface area contributed by atoms with Crippen molar-refractivity contribution < 1.29 is 0 Å². The summed E-state index contributed by atoms with van der Waals surface area (Å²) in [5, 5.41) is 1.72. The van der Waals surface area contributed by atoms with E-state index in [1.54, 1.807) is 24.3 Å². The molecule has 3 nitrogen and oxygen atoms in total. The summed E-state index contributed by atoms with van der Waals surface area (Å²) < 4.78 is 0.630. The van der Waals surface area contributed by atoms with Crippen LogP contribution in [0.3, 0.4) is 0 Å². The van der Waals surface area contributed by atoms with Gasteiger partial charge in [0.15, 0.2) is 5.16 Å². The van der Waals surface area contributed by atoms with Gasteiger partial charge in [0.2, 0.25) is 0 Å². The van der Waals surface area contributed by atoms with Crippen LogP contribution in [0.15, 0.2) is 38.9 Å². The van der Waals surface area contributed by atoms with Crippen LogP contribution in [0.25, 0.3) is 0 Å². The molecule has 0 atom stereocenters. The third kappa shape index (κ3) is 3.48. The predicted molar refractivity (Wildman–Crippen MR) is 74.7 cm³/mol. The van der Waals surface area contributed by atoms with Crippen LogP contribution < -0.4 is 5.73 Å². The van der Waals surface area contributed by atoms with Crippen LogP contribution in [0.5, 0.6) is 0 Å². The lowest BCUT2D eigenvalue weighted by Crippen LogP contribution is -1.94. The van der Waals surface area contributed by atoms with Gasteiger partial charge in [-0.05, 0) is 45.9 Å². The molecule has 1 heterocycles. The number of nitrogen functional groups attached to an aromatic ring is 1. The molecule has 2 aromatic rings. The Bertz CT molecular complexity index is 545. The first kappa shape index (κ1) is 13.0. The van der Waals surface area contributed by atoms with E-state index >= 15 is 0 Å². The first-order chi connectivity index (χ1) is 8.04. The zero-order valence-corrected chi connectivity index (χ0v) is 12.2. The van der Waals surface area contributed by atoms with Crippen LogP contribution in [0.4, 0.5) is 5.82 Å². The molecule has 0 amide bonds. The van der Waals surface area contributed by atoms with Gasteiger partial charge in [0, 0.05) is 16.0 Å². The standard InChI is InChI=1S/C10H6BrCl2N3S/c11-8-4-9(14)16-10(15-8)17-7-3-5(12)1-2-6(7)13/h1-4H,(H2,14,15,16). The van der Waals surface area contributed by atoms with Crippen molar-refractivity contribution in [1.82, 2.24) is 9.97 Å². The van der Waals surface area contributed by atoms with Gasteiger partial charge in [0.25, 0.3) is 0 Å². The van der Waals surface area contributed by atoms with Crippen LogP contribution in [0, 0.1) is 0 Å². The van der Waals surface area contributed by atoms with Crippen molar-refractivity contribution >= 4 is 56.7 Å². The van der Waals surface area contributed by atoms with Crippen LogP contribution in [-0.2, 0) is 0 Å². The smallest absolute Gasteiger partial charge is 0.195 e. The van der Waals surface area contributed by atoms with Gasteiger partial charge in [0.1, 0.15) is 10.4 Å². The SMILES string of the molecule is Nc1cc(Br)nc(Sc2cc(Cl)ccc2Cl)n1. The number of hydrogen-bond acceptors (Lipinski definition) is 4. The van der Waals surface area contributed by atoms with Crippen LogP contribution >= 0.6 is 50.9 Å². The fourth-order valence-corrected chi connectivity index (χ4v) is 2.95.